The third kappa shape index (κ3) is 2.93. The Balaban J connectivity index is 1.76. The van der Waals surface area contributed by atoms with Crippen molar-refractivity contribution in [1.82, 2.24) is 9.78 Å². The number of aromatic hydroxyl groups is 1. The van der Waals surface area contributed by atoms with E-state index in [1.807, 2.05) is 54.1 Å². The van der Waals surface area contributed by atoms with Crippen LogP contribution in [0.1, 0.15) is 49.4 Å². The lowest BCUT2D eigenvalue weighted by Crippen LogP contribution is -2.34. The van der Waals surface area contributed by atoms with Crippen LogP contribution in [-0.4, -0.2) is 20.7 Å². The first kappa shape index (κ1) is 18.7. The Morgan fingerprint density at radius 3 is 2.47 bits per heavy atom. The van der Waals surface area contributed by atoms with E-state index in [2.05, 4.69) is 19.2 Å². The number of hydrogen-bond acceptors (Lipinski definition) is 4. The minimum absolute atomic E-state index is 0.0907. The molecule has 0 spiro atoms. The van der Waals surface area contributed by atoms with Crippen LogP contribution in [0.2, 0.25) is 0 Å². The van der Waals surface area contributed by atoms with Crippen molar-refractivity contribution in [3.63, 3.8) is 0 Å². The van der Waals surface area contributed by atoms with Crippen molar-refractivity contribution in [3.8, 4) is 11.4 Å². The maximum atomic E-state index is 13.3. The van der Waals surface area contributed by atoms with Crippen molar-refractivity contribution in [2.24, 2.45) is 5.41 Å². The predicted molar refractivity (Wildman–Crippen MR) is 117 cm³/mol. The summed E-state index contributed by atoms with van der Waals surface area (Å²) in [5, 5.41) is 18.2. The number of fused-ring (bicyclic) bond motifs is 1. The SMILES string of the molecule is Cc1nn(-c2ccccc2)c2c1[C@H](c1ccc(O)cc1)C1=C(CC(C)(C)CC1=O)N2. The standard InChI is InChI=1S/C25H25N3O2/c1-15-21-22(16-9-11-18(29)12-10-16)23-19(13-25(2,3)14-20(23)30)26-24(21)28(27-15)17-7-5-4-6-8-17/h4-12,22,26,29H,13-14H2,1-3H3/t22-/m0/s1. The third-order valence-electron chi connectivity index (χ3n) is 6.10. The Bertz CT molecular complexity index is 1170. The van der Waals surface area contributed by atoms with E-state index < -0.39 is 0 Å². The number of rotatable bonds is 2. The largest absolute Gasteiger partial charge is 0.508 e. The Labute approximate surface area is 176 Å². The first-order valence-electron chi connectivity index (χ1n) is 10.3. The van der Waals surface area contributed by atoms with Gasteiger partial charge >= 0.3 is 0 Å². The van der Waals surface area contributed by atoms with E-state index in [0.717, 1.165) is 46.0 Å². The van der Waals surface area contributed by atoms with Gasteiger partial charge in [0.05, 0.1) is 11.4 Å². The number of aromatic nitrogens is 2. The number of nitrogens with zero attached hydrogens (tertiary/aromatic N) is 2. The highest BCUT2D eigenvalue weighted by atomic mass is 16.3. The van der Waals surface area contributed by atoms with Crippen molar-refractivity contribution < 1.29 is 9.90 Å². The van der Waals surface area contributed by atoms with Crippen molar-refractivity contribution >= 4 is 11.6 Å². The molecule has 5 nitrogen and oxygen atoms in total. The van der Waals surface area contributed by atoms with Gasteiger partial charge in [-0.2, -0.15) is 5.10 Å². The molecule has 30 heavy (non-hydrogen) atoms. The smallest absolute Gasteiger partial charge is 0.162 e. The molecule has 5 rings (SSSR count). The highest BCUT2D eigenvalue weighted by Gasteiger charge is 2.42. The van der Waals surface area contributed by atoms with Crippen LogP contribution in [0.15, 0.2) is 65.9 Å². The number of phenols is 1. The topological polar surface area (TPSA) is 67.1 Å². The van der Waals surface area contributed by atoms with E-state index >= 15 is 0 Å². The molecule has 2 aromatic carbocycles. The first-order valence-corrected chi connectivity index (χ1v) is 10.3. The Hall–Kier alpha value is -3.34. The van der Waals surface area contributed by atoms with E-state index in [9.17, 15) is 9.90 Å². The molecule has 152 valence electrons. The molecule has 1 atom stereocenters. The fourth-order valence-electron chi connectivity index (χ4n) is 4.83. The lowest BCUT2D eigenvalue weighted by atomic mass is 9.69. The number of hydrogen-bond donors (Lipinski definition) is 2. The molecule has 2 heterocycles. The second-order valence-electron chi connectivity index (χ2n) is 9.08. The van der Waals surface area contributed by atoms with Gasteiger partial charge in [0.2, 0.25) is 0 Å². The van der Waals surface area contributed by atoms with Crippen LogP contribution in [-0.2, 0) is 4.79 Å². The first-order chi connectivity index (χ1) is 14.3. The molecule has 0 saturated heterocycles. The third-order valence-corrected chi connectivity index (χ3v) is 6.10. The summed E-state index contributed by atoms with van der Waals surface area (Å²) in [6.45, 7) is 6.28. The van der Waals surface area contributed by atoms with Gasteiger partial charge in [-0.1, -0.05) is 44.2 Å². The van der Waals surface area contributed by atoms with Crippen LogP contribution in [0.3, 0.4) is 0 Å². The maximum Gasteiger partial charge on any atom is 0.162 e. The summed E-state index contributed by atoms with van der Waals surface area (Å²) < 4.78 is 1.94. The van der Waals surface area contributed by atoms with Crippen LogP contribution in [0.5, 0.6) is 5.75 Å². The van der Waals surface area contributed by atoms with Gasteiger partial charge in [-0.05, 0) is 48.6 Å². The molecule has 1 aliphatic heterocycles. The van der Waals surface area contributed by atoms with E-state index in [1.165, 1.54) is 0 Å². The van der Waals surface area contributed by atoms with Crippen LogP contribution < -0.4 is 5.32 Å². The lowest BCUT2D eigenvalue weighted by molar-refractivity contribution is -0.118. The molecule has 0 amide bonds. The zero-order valence-electron chi connectivity index (χ0n) is 17.4. The summed E-state index contributed by atoms with van der Waals surface area (Å²) in [5.74, 6) is 1.12. The molecular formula is C25H25N3O2. The highest BCUT2D eigenvalue weighted by molar-refractivity contribution is 6.01. The minimum atomic E-state index is -0.196. The van der Waals surface area contributed by atoms with E-state index in [4.69, 9.17) is 5.10 Å². The van der Waals surface area contributed by atoms with Crippen molar-refractivity contribution in [2.75, 3.05) is 5.32 Å². The Morgan fingerprint density at radius 1 is 1.07 bits per heavy atom. The van der Waals surface area contributed by atoms with Gasteiger partial charge in [-0.3, -0.25) is 4.79 Å². The normalized spacial score (nSPS) is 19.8. The molecule has 0 bridgehead atoms. The second kappa shape index (κ2) is 6.59. The Morgan fingerprint density at radius 2 is 1.77 bits per heavy atom. The van der Waals surface area contributed by atoms with E-state index in [1.54, 1.807) is 12.1 Å². The van der Waals surface area contributed by atoms with Gasteiger partial charge in [0.1, 0.15) is 11.6 Å². The summed E-state index contributed by atoms with van der Waals surface area (Å²) >= 11 is 0. The highest BCUT2D eigenvalue weighted by Crippen LogP contribution is 2.50. The molecule has 3 aromatic rings. The number of Topliss-reactive ketones (excluding diaryl/α,β-unsaturated/α-hetero) is 1. The van der Waals surface area contributed by atoms with E-state index in [0.29, 0.717) is 6.42 Å². The zero-order valence-corrected chi connectivity index (χ0v) is 17.4. The minimum Gasteiger partial charge on any atom is -0.508 e. The monoisotopic (exact) mass is 399 g/mol. The number of anilines is 1. The maximum absolute atomic E-state index is 13.3. The van der Waals surface area contributed by atoms with Crippen molar-refractivity contribution in [1.29, 1.82) is 0 Å². The van der Waals surface area contributed by atoms with E-state index in [-0.39, 0.29) is 22.9 Å². The molecule has 0 fully saturated rings. The number of benzene rings is 2. The zero-order chi connectivity index (χ0) is 21.0. The number of ketones is 1. The van der Waals surface area contributed by atoms with Gasteiger partial charge in [0.25, 0.3) is 0 Å². The van der Waals surface area contributed by atoms with Crippen LogP contribution in [0.4, 0.5) is 5.82 Å². The van der Waals surface area contributed by atoms with Crippen molar-refractivity contribution in [2.45, 2.75) is 39.5 Å². The van der Waals surface area contributed by atoms with Gasteiger partial charge in [-0.25, -0.2) is 4.68 Å². The number of nitrogens with one attached hydrogen (secondary N) is 1. The molecular weight excluding hydrogens is 374 g/mol. The number of aryl methyl sites for hydroxylation is 1. The lowest BCUT2D eigenvalue weighted by Gasteiger charge is -2.38. The molecule has 1 aromatic heterocycles. The van der Waals surface area contributed by atoms with Crippen LogP contribution >= 0.6 is 0 Å². The molecule has 0 saturated carbocycles. The quantitative estimate of drug-likeness (QED) is 0.630. The predicted octanol–water partition coefficient (Wildman–Crippen LogP) is 5.09. The molecule has 0 unspecified atom stereocenters. The number of carbonyl (C=O) groups is 1. The molecule has 5 heteroatoms. The summed E-state index contributed by atoms with van der Waals surface area (Å²) in [6, 6.07) is 17.2. The van der Waals surface area contributed by atoms with Gasteiger partial charge in [0.15, 0.2) is 5.78 Å². The average Bonchev–Trinajstić information content (AvgIpc) is 3.03. The van der Waals surface area contributed by atoms with Gasteiger partial charge in [-0.15, -0.1) is 0 Å². The molecule has 2 aliphatic rings. The second-order valence-corrected chi connectivity index (χ2v) is 9.08. The molecule has 2 N–H and O–H groups in total. The van der Waals surface area contributed by atoms with Crippen LogP contribution in [0.25, 0.3) is 5.69 Å². The number of carbonyl (C=O) groups excluding carboxylic acids is 1. The fraction of sp³-hybridized carbons (Fsp3) is 0.280. The number of para-hydroxylation sites is 1. The molecule has 1 aliphatic carbocycles. The Kier molecular flexibility index (Phi) is 4.10. The summed E-state index contributed by atoms with van der Waals surface area (Å²) in [6.07, 6.45) is 1.34. The fourth-order valence-corrected chi connectivity index (χ4v) is 4.83. The number of allylic oxidation sites excluding steroid dienone is 2. The number of phenolic OH excluding ortho intramolecular Hbond substituents is 1. The van der Waals surface area contributed by atoms with Crippen LogP contribution in [0, 0.1) is 12.3 Å². The summed E-state index contributed by atoms with van der Waals surface area (Å²) in [7, 11) is 0. The molecule has 0 radical (unpaired) electrons. The summed E-state index contributed by atoms with van der Waals surface area (Å²) in [4.78, 5) is 13.3. The van der Waals surface area contributed by atoms with Crippen molar-refractivity contribution in [3.05, 3.63) is 82.7 Å². The van der Waals surface area contributed by atoms with Gasteiger partial charge in [0, 0.05) is 29.2 Å². The summed E-state index contributed by atoms with van der Waals surface area (Å²) in [5.41, 5.74) is 5.62. The average molecular weight is 399 g/mol. The van der Waals surface area contributed by atoms with Gasteiger partial charge < -0.3 is 10.4 Å².